The molecule has 0 spiro atoms. The first kappa shape index (κ1) is 29.2. The number of rotatable bonds is 0. The molecular formula is H8BFeMnO2Si2SnTi2. The summed E-state index contributed by atoms with van der Waals surface area (Å²) in [5, 5.41) is 0. The molecule has 0 aromatic heterocycles. The van der Waals surface area contributed by atoms with E-state index in [-0.39, 0.29) is 60.5 Å². The summed E-state index contributed by atoms with van der Waals surface area (Å²) >= 11 is -1.17. The molecule has 10 heteroatoms. The van der Waals surface area contributed by atoms with Crippen LogP contribution >= 0.6 is 0 Å². The molecule has 0 rings (SSSR count). The van der Waals surface area contributed by atoms with Gasteiger partial charge in [-0.2, -0.15) is 0 Å². The van der Waals surface area contributed by atoms with Crippen LogP contribution in [-0.4, -0.2) is 46.9 Å². The molecule has 0 bridgehead atoms. The summed E-state index contributed by atoms with van der Waals surface area (Å²) in [5.74, 6) is 0. The molecule has 0 fully saturated rings. The maximum absolute atomic E-state index is 10.4. The monoisotopic (exact) mass is 434 g/mol. The second-order valence-corrected chi connectivity index (χ2v) is 26.0. The van der Waals surface area contributed by atoms with Gasteiger partial charge < -0.3 is 0 Å². The summed E-state index contributed by atoms with van der Waals surface area (Å²) < 4.78 is 18.7. The third kappa shape index (κ3) is 108. The zero-order valence-electron chi connectivity index (χ0n) is 6.05. The molecule has 0 aliphatic carbocycles. The Morgan fingerprint density at radius 2 is 1.20 bits per heavy atom. The van der Waals surface area contributed by atoms with Gasteiger partial charge >= 0.3 is 65.1 Å². The van der Waals surface area contributed by atoms with E-state index < -0.39 is 11.3 Å². The molecule has 0 aromatic carbocycles. The van der Waals surface area contributed by atoms with Gasteiger partial charge in [-0.15, -0.1) is 0 Å². The van der Waals surface area contributed by atoms with E-state index in [1.54, 1.807) is 0 Å². The van der Waals surface area contributed by atoms with Crippen molar-refractivity contribution in [3.8, 4) is 0 Å². The second kappa shape index (κ2) is 18.2. The van der Waals surface area contributed by atoms with Crippen LogP contribution in [0, 0.1) is 0 Å². The van der Waals surface area contributed by atoms with E-state index in [0.717, 1.165) is 17.7 Å². The Labute approximate surface area is 123 Å². The fourth-order valence-electron chi connectivity index (χ4n) is 0. The van der Waals surface area contributed by atoms with E-state index in [1.165, 1.54) is 0 Å². The maximum atomic E-state index is 10.4. The number of hydrogen-bond donors (Lipinski definition) is 0. The molecule has 3 radical (unpaired) electrons. The average Bonchev–Trinajstić information content (AvgIpc) is 1.36. The van der Waals surface area contributed by atoms with E-state index in [0.29, 0.717) is 22.5 Å². The molecule has 58 valence electrons. The summed E-state index contributed by atoms with van der Waals surface area (Å²) in [4.78, 5) is 0. The minimum atomic E-state index is -1.47. The average molecular weight is 432 g/mol. The molecule has 0 N–H and O–H groups in total. The van der Waals surface area contributed by atoms with Crippen LogP contribution in [0.2, 0.25) is 0 Å². The van der Waals surface area contributed by atoms with Crippen molar-refractivity contribution in [1.29, 1.82) is 0 Å². The van der Waals surface area contributed by atoms with Crippen molar-refractivity contribution < 1.29 is 78.7 Å². The van der Waals surface area contributed by atoms with Crippen LogP contribution in [0.5, 0.6) is 0 Å². The Hall–Kier alpha value is 3.36. The molecule has 0 amide bonds. The van der Waals surface area contributed by atoms with E-state index >= 15 is 0 Å². The van der Waals surface area contributed by atoms with Crippen molar-refractivity contribution in [3.05, 3.63) is 0 Å². The van der Waals surface area contributed by atoms with Crippen molar-refractivity contribution in [2.24, 2.45) is 0 Å². The van der Waals surface area contributed by atoms with Crippen LogP contribution in [0.15, 0.2) is 0 Å². The Bertz CT molecular complexity index is 83.1. The molecule has 0 unspecified atom stereocenters. The van der Waals surface area contributed by atoms with Gasteiger partial charge in [0.2, 0.25) is 0 Å². The van der Waals surface area contributed by atoms with Gasteiger partial charge in [0, 0.05) is 60.5 Å². The van der Waals surface area contributed by atoms with Gasteiger partial charge in [0.1, 0.15) is 0 Å². The first-order chi connectivity index (χ1) is 3.00. The Balaban J connectivity index is -0.0000000154. The Morgan fingerprint density at radius 3 is 1.20 bits per heavy atom. The maximum Gasteiger partial charge on any atom is 0 e. The standard InChI is InChI=1S/BH2.Fe.Mn.2O.2H3Si.Sn.2Ti/h1H2;;;;;2*1H3;;;/q+1;-1;;;;;;;;. The Kier molecular flexibility index (Phi) is 53.2. The first-order valence-electron chi connectivity index (χ1n) is 1.41. The predicted octanol–water partition coefficient (Wildman–Crippen LogP) is -3.91. The van der Waals surface area contributed by atoms with Gasteiger partial charge in [0.05, 0.1) is 0 Å². The molecule has 0 aliphatic rings. The van der Waals surface area contributed by atoms with Crippen LogP contribution in [0.4, 0.5) is 0 Å². The smallest absolute Gasteiger partial charge is 0 e. The third-order valence-corrected chi connectivity index (χ3v) is 0. The van der Waals surface area contributed by atoms with Crippen molar-refractivity contribution in [2.75, 3.05) is 0 Å². The molecule has 2 nitrogen and oxygen atoms in total. The normalized spacial score (nSPS) is 14.8. The van der Waals surface area contributed by atoms with Crippen LogP contribution in [0.25, 0.3) is 0 Å². The van der Waals surface area contributed by atoms with Gasteiger partial charge in [0.25, 0.3) is 0 Å². The van der Waals surface area contributed by atoms with Crippen LogP contribution in [0.1, 0.15) is 0 Å². The topological polar surface area (TPSA) is 34.1 Å². The summed E-state index contributed by atoms with van der Waals surface area (Å²) in [6.07, 6.45) is 0. The first-order valence-corrected chi connectivity index (χ1v) is 12.2. The van der Waals surface area contributed by atoms with Crippen molar-refractivity contribution in [1.82, 2.24) is 0 Å². The minimum Gasteiger partial charge on any atom is 0 e. The molecule has 10 heavy (non-hydrogen) atoms. The van der Waals surface area contributed by atoms with Gasteiger partial charge in [-0.1, -0.05) is 0 Å². The van der Waals surface area contributed by atoms with Crippen LogP contribution < -0.4 is 0 Å². The minimum absolute atomic E-state index is 0. The molecule has 0 aliphatic heterocycles. The molecule has 0 atom stereocenters. The predicted molar refractivity (Wildman–Crippen MR) is 35.5 cm³/mol. The van der Waals surface area contributed by atoms with E-state index in [2.05, 4.69) is 0 Å². The molecular weight excluding hydrogens is 424 g/mol. The molecule has 0 aromatic rings. The third-order valence-electron chi connectivity index (χ3n) is 0. The van der Waals surface area contributed by atoms with Gasteiger partial charge in [-0.05, 0) is 0 Å². The summed E-state index contributed by atoms with van der Waals surface area (Å²) in [7, 11) is 1.88. The fourth-order valence-corrected chi connectivity index (χ4v) is 0. The molecule has 0 heterocycles. The van der Waals surface area contributed by atoms with Crippen molar-refractivity contribution in [3.63, 3.8) is 0 Å². The van der Waals surface area contributed by atoms with Gasteiger partial charge in [-0.25, -0.2) is 0 Å². The SMILES string of the molecule is [BH2][Fe](=[O])([SiH3])[SiH3].[Mn].[O]=[Sn].[Ti].[Ti]. The quantitative estimate of drug-likeness (QED) is 0.367. The van der Waals surface area contributed by atoms with Gasteiger partial charge in [-0.3, -0.25) is 0 Å². The van der Waals surface area contributed by atoms with Gasteiger partial charge in [0.15, 0.2) is 0 Å². The van der Waals surface area contributed by atoms with Crippen LogP contribution in [-0.2, 0) is 78.7 Å². The van der Waals surface area contributed by atoms with Crippen LogP contribution in [0.3, 0.4) is 0 Å². The van der Waals surface area contributed by atoms with Crippen molar-refractivity contribution in [2.45, 2.75) is 0 Å². The summed E-state index contributed by atoms with van der Waals surface area (Å²) in [6, 6.07) is 0. The van der Waals surface area contributed by atoms with E-state index in [4.69, 9.17) is 3.08 Å². The second-order valence-electron chi connectivity index (χ2n) is 1.49. The molecule has 0 saturated carbocycles. The zero-order chi connectivity index (χ0) is 6.50. The zero-order valence-corrected chi connectivity index (χ0v) is 18.3. The fraction of sp³-hybridized carbons (Fsp3) is 0. The number of hydrogen-bond acceptors (Lipinski definition) is 2. The summed E-state index contributed by atoms with van der Waals surface area (Å²) in [5.41, 5.74) is 0. The van der Waals surface area contributed by atoms with Crippen molar-refractivity contribution >= 4 is 46.9 Å². The summed E-state index contributed by atoms with van der Waals surface area (Å²) in [6.45, 7) is 1.88. The van der Waals surface area contributed by atoms with E-state index in [1.807, 2.05) is 6.66 Å². The largest absolute Gasteiger partial charge is 0 e. The molecule has 0 saturated heterocycles. The Morgan fingerprint density at radius 1 is 1.20 bits per heavy atom. The van der Waals surface area contributed by atoms with E-state index in [9.17, 15) is 3.83 Å².